The normalized spacial score (nSPS) is 17.5. The Morgan fingerprint density at radius 1 is 1.03 bits per heavy atom. The Hall–Kier alpha value is -3.89. The number of aromatic hydroxyl groups is 1. The number of aromatic nitrogens is 2. The van der Waals surface area contributed by atoms with Gasteiger partial charge in [-0.05, 0) is 92.6 Å². The van der Waals surface area contributed by atoms with Crippen molar-refractivity contribution in [3.8, 4) is 11.4 Å². The van der Waals surface area contributed by atoms with Gasteiger partial charge in [0.25, 0.3) is 0 Å². The van der Waals surface area contributed by atoms with Crippen molar-refractivity contribution in [2.75, 3.05) is 15.9 Å². The summed E-state index contributed by atoms with van der Waals surface area (Å²) in [7, 11) is -3.41. The first-order chi connectivity index (χ1) is 18.0. The molecule has 2 unspecified atom stereocenters. The highest BCUT2D eigenvalue weighted by Crippen LogP contribution is 2.44. The van der Waals surface area contributed by atoms with E-state index in [1.54, 1.807) is 24.4 Å². The van der Waals surface area contributed by atoms with E-state index in [9.17, 15) is 13.5 Å². The molecule has 2 aromatic carbocycles. The molecular formula is C28H29N5O3S2. The number of anilines is 2. The van der Waals surface area contributed by atoms with Crippen LogP contribution in [0.15, 0.2) is 72.9 Å². The van der Waals surface area contributed by atoms with E-state index < -0.39 is 10.0 Å². The molecule has 0 spiro atoms. The molecule has 0 bridgehead atoms. The topological polar surface area (TPSA) is 99.5 Å². The minimum atomic E-state index is -3.41. The van der Waals surface area contributed by atoms with Crippen molar-refractivity contribution in [1.29, 1.82) is 0 Å². The van der Waals surface area contributed by atoms with Crippen molar-refractivity contribution in [3.63, 3.8) is 0 Å². The molecule has 1 aliphatic heterocycles. The predicted molar refractivity (Wildman–Crippen MR) is 154 cm³/mol. The van der Waals surface area contributed by atoms with Gasteiger partial charge in [-0.15, -0.1) is 0 Å². The van der Waals surface area contributed by atoms with Crippen LogP contribution in [0.1, 0.15) is 40.3 Å². The molecule has 3 heterocycles. The molecule has 2 aromatic heterocycles. The van der Waals surface area contributed by atoms with Crippen LogP contribution < -0.4 is 14.9 Å². The first kappa shape index (κ1) is 25.7. The maximum Gasteiger partial charge on any atom is 0.229 e. The molecule has 38 heavy (non-hydrogen) atoms. The maximum atomic E-state index is 11.8. The zero-order chi connectivity index (χ0) is 27.2. The minimum absolute atomic E-state index is 0.198. The lowest BCUT2D eigenvalue weighted by Gasteiger charge is -2.29. The minimum Gasteiger partial charge on any atom is -0.506 e. The van der Waals surface area contributed by atoms with Gasteiger partial charge in [-0.1, -0.05) is 18.2 Å². The molecular weight excluding hydrogens is 518 g/mol. The summed E-state index contributed by atoms with van der Waals surface area (Å²) in [6.07, 6.45) is 2.90. The number of phenolic OH excluding ortho intramolecular Hbond substituents is 1. The van der Waals surface area contributed by atoms with Gasteiger partial charge in [-0.2, -0.15) is 0 Å². The molecule has 2 atom stereocenters. The molecule has 1 saturated heterocycles. The van der Waals surface area contributed by atoms with Crippen LogP contribution in [-0.2, 0) is 10.0 Å². The predicted octanol–water partition coefficient (Wildman–Crippen LogP) is 5.05. The van der Waals surface area contributed by atoms with Crippen LogP contribution in [0, 0.1) is 20.8 Å². The van der Waals surface area contributed by atoms with Crippen LogP contribution in [0.25, 0.3) is 5.69 Å². The highest BCUT2D eigenvalue weighted by molar-refractivity contribution is 7.92. The summed E-state index contributed by atoms with van der Waals surface area (Å²) in [5.74, 6) is 0.198. The Balaban J connectivity index is 1.66. The second-order valence-corrected chi connectivity index (χ2v) is 11.7. The smallest absolute Gasteiger partial charge is 0.229 e. The summed E-state index contributed by atoms with van der Waals surface area (Å²) in [6.45, 7) is 5.91. The number of benzene rings is 2. The molecule has 0 saturated carbocycles. The first-order valence-corrected chi connectivity index (χ1v) is 14.4. The molecule has 3 N–H and O–H groups in total. The van der Waals surface area contributed by atoms with Gasteiger partial charge in [0.1, 0.15) is 5.75 Å². The van der Waals surface area contributed by atoms with E-state index >= 15 is 0 Å². The zero-order valence-electron chi connectivity index (χ0n) is 21.5. The molecule has 5 rings (SSSR count). The largest absolute Gasteiger partial charge is 0.506 e. The number of hydrogen-bond acceptors (Lipinski definition) is 5. The molecule has 8 nitrogen and oxygen atoms in total. The van der Waals surface area contributed by atoms with E-state index in [1.165, 1.54) is 0 Å². The molecule has 0 amide bonds. The molecule has 4 aromatic rings. The summed E-state index contributed by atoms with van der Waals surface area (Å²) in [6, 6.07) is 20.3. The van der Waals surface area contributed by atoms with Crippen molar-refractivity contribution in [2.24, 2.45) is 0 Å². The van der Waals surface area contributed by atoms with Crippen LogP contribution in [0.5, 0.6) is 5.75 Å². The number of hydrogen-bond donors (Lipinski definition) is 3. The monoisotopic (exact) mass is 547 g/mol. The van der Waals surface area contributed by atoms with Gasteiger partial charge in [0, 0.05) is 23.3 Å². The van der Waals surface area contributed by atoms with Gasteiger partial charge in [-0.25, -0.2) is 8.42 Å². The van der Waals surface area contributed by atoms with Crippen LogP contribution >= 0.6 is 12.2 Å². The Labute approximate surface area is 228 Å². The van der Waals surface area contributed by atoms with Gasteiger partial charge in [0.15, 0.2) is 5.11 Å². The van der Waals surface area contributed by atoms with Crippen LogP contribution in [-0.4, -0.2) is 34.4 Å². The van der Waals surface area contributed by atoms with Crippen molar-refractivity contribution < 1.29 is 13.5 Å². The van der Waals surface area contributed by atoms with Gasteiger partial charge in [-0.3, -0.25) is 9.71 Å². The zero-order valence-corrected chi connectivity index (χ0v) is 23.1. The Morgan fingerprint density at radius 2 is 1.76 bits per heavy atom. The summed E-state index contributed by atoms with van der Waals surface area (Å²) >= 11 is 5.87. The van der Waals surface area contributed by atoms with E-state index in [0.29, 0.717) is 16.5 Å². The fourth-order valence-electron chi connectivity index (χ4n) is 5.17. The lowest BCUT2D eigenvalue weighted by molar-refractivity contribution is 0.471. The van der Waals surface area contributed by atoms with Gasteiger partial charge in [0.05, 0.1) is 35.4 Å². The Bertz CT molecular complexity index is 1630. The van der Waals surface area contributed by atoms with Crippen LogP contribution in [0.3, 0.4) is 0 Å². The van der Waals surface area contributed by atoms with E-state index in [1.807, 2.05) is 67.8 Å². The first-order valence-electron chi connectivity index (χ1n) is 12.1. The molecule has 10 heteroatoms. The van der Waals surface area contributed by atoms with Gasteiger partial charge >= 0.3 is 0 Å². The second kappa shape index (κ2) is 9.77. The average molecular weight is 548 g/mol. The fourth-order valence-corrected chi connectivity index (χ4v) is 6.15. The van der Waals surface area contributed by atoms with Crippen molar-refractivity contribution >= 4 is 38.7 Å². The summed E-state index contributed by atoms with van der Waals surface area (Å²) in [5.41, 5.74) is 6.65. The highest BCUT2D eigenvalue weighted by atomic mass is 32.2. The number of nitrogens with one attached hydrogen (secondary N) is 2. The molecule has 0 radical (unpaired) electrons. The number of phenols is 1. The SMILES string of the molecule is Cc1cc(N2C(=S)NC(c3ccccn3)C2c2cc(C)n(-c3ccccc3O)c2C)ccc1NS(C)(=O)=O. The number of para-hydroxylation sites is 2. The van der Waals surface area contributed by atoms with Gasteiger partial charge in [0.2, 0.25) is 10.0 Å². The number of pyridine rings is 1. The third-order valence-electron chi connectivity index (χ3n) is 6.79. The van der Waals surface area contributed by atoms with Gasteiger partial charge < -0.3 is 19.9 Å². The molecule has 1 fully saturated rings. The summed E-state index contributed by atoms with van der Waals surface area (Å²) in [5, 5.41) is 14.6. The van der Waals surface area contributed by atoms with Crippen molar-refractivity contribution in [3.05, 3.63) is 101 Å². The maximum absolute atomic E-state index is 11.8. The molecule has 0 aliphatic carbocycles. The van der Waals surface area contributed by atoms with E-state index in [0.717, 1.165) is 40.2 Å². The third-order valence-corrected chi connectivity index (χ3v) is 7.70. The highest BCUT2D eigenvalue weighted by Gasteiger charge is 2.42. The fraction of sp³-hybridized carbons (Fsp3) is 0.214. The molecule has 196 valence electrons. The standard InChI is InChI=1S/C28H29N5O3S2/c1-17-15-20(12-13-22(17)31-38(4,35)36)33-27(26(30-28(33)37)23-9-7-8-14-29-23)21-16-18(2)32(19(21)3)24-10-5-6-11-25(24)34/h5-16,26-27,31,34H,1-4H3,(H,30,37). The lowest BCUT2D eigenvalue weighted by atomic mass is 9.96. The number of nitrogens with zero attached hydrogens (tertiary/aromatic N) is 3. The lowest BCUT2D eigenvalue weighted by Crippen LogP contribution is -2.29. The average Bonchev–Trinajstić information content (AvgIpc) is 3.36. The number of sulfonamides is 1. The van der Waals surface area contributed by atoms with E-state index in [-0.39, 0.29) is 17.8 Å². The third kappa shape index (κ3) is 4.72. The number of aryl methyl sites for hydroxylation is 2. The quantitative estimate of drug-likeness (QED) is 0.291. The number of thiocarbonyl (C=S) groups is 1. The van der Waals surface area contributed by atoms with Crippen molar-refractivity contribution in [1.82, 2.24) is 14.9 Å². The Morgan fingerprint density at radius 3 is 2.42 bits per heavy atom. The summed E-state index contributed by atoms with van der Waals surface area (Å²) in [4.78, 5) is 6.69. The van der Waals surface area contributed by atoms with Crippen LogP contribution in [0.4, 0.5) is 11.4 Å². The Kier molecular flexibility index (Phi) is 6.62. The van der Waals surface area contributed by atoms with E-state index in [4.69, 9.17) is 12.2 Å². The van der Waals surface area contributed by atoms with E-state index in [2.05, 4.69) is 26.0 Å². The van der Waals surface area contributed by atoms with Crippen LogP contribution in [0.2, 0.25) is 0 Å². The summed E-state index contributed by atoms with van der Waals surface area (Å²) < 4.78 is 28.2. The van der Waals surface area contributed by atoms with Crippen molar-refractivity contribution in [2.45, 2.75) is 32.9 Å². The molecule has 1 aliphatic rings. The second-order valence-electron chi connectivity index (χ2n) is 9.52. The number of rotatable bonds is 6.